The first kappa shape index (κ1) is 130. The van der Waals surface area contributed by atoms with Crippen LogP contribution < -0.4 is 26.6 Å². The molecule has 10 N–H and O–H groups in total. The number of hydrogen-bond acceptors (Lipinski definition) is 13. The Morgan fingerprint density at radius 1 is 0.286 bits per heavy atom. The number of aromatic nitrogens is 11. The van der Waals surface area contributed by atoms with Gasteiger partial charge in [-0.3, -0.25) is 15.3 Å². The van der Waals surface area contributed by atoms with Crippen molar-refractivity contribution in [1.29, 1.82) is 0 Å². The Morgan fingerprint density at radius 2 is 0.619 bits per heavy atom. The molecule has 0 spiro atoms. The third kappa shape index (κ3) is 239. The van der Waals surface area contributed by atoms with Gasteiger partial charge >= 0.3 is 0 Å². The van der Waals surface area contributed by atoms with E-state index in [0.29, 0.717) is 0 Å². The minimum Gasteiger partial charge on any atom is -0.379 e. The van der Waals surface area contributed by atoms with Crippen LogP contribution in [0.3, 0.4) is 0 Å². The Hall–Kier alpha value is -3.91. The minimum absolute atomic E-state index is 0.889. The highest BCUT2D eigenvalue weighted by Crippen LogP contribution is 1.99. The van der Waals surface area contributed by atoms with Gasteiger partial charge in [0.25, 0.3) is 0 Å². The lowest BCUT2D eigenvalue weighted by atomic mass is 10.4. The maximum Gasteiger partial charge on any atom is 0.137 e. The molecule has 0 amide bonds. The highest BCUT2D eigenvalue weighted by atomic mass is 32.2. The molecule has 5 aromatic heterocycles. The van der Waals surface area contributed by atoms with E-state index in [1.807, 2.05) is 292 Å². The van der Waals surface area contributed by atoms with Crippen LogP contribution in [0.2, 0.25) is 0 Å². The molecular formula is C66H164N16OS. The van der Waals surface area contributed by atoms with Gasteiger partial charge < -0.3 is 41.3 Å². The molecule has 4 saturated heterocycles. The van der Waals surface area contributed by atoms with Crippen molar-refractivity contribution in [3.05, 3.63) is 87.0 Å². The predicted octanol–water partition coefficient (Wildman–Crippen LogP) is 19.4. The van der Waals surface area contributed by atoms with Gasteiger partial charge in [0.15, 0.2) is 0 Å². The number of ether oxygens (including phenoxy) is 1. The standard InChI is InChI=1S/C4H10N2.C4H9NO.C4H9NS.C4H9N.C4H5N.2C3H4N2.2C2H3N3.18C2H6/c1-2-6-4-3-5-1;2*1-3-6-4-2-5-1;2*1-2-4-5-3-1;1-2-5-3-4-1;1-2-4-5-3-1;2*1-3-2-5-4-1;18*1-2/h5-6H,1-4H2;2*5H,1-4H2;5H,1-4H2;1-5H;2*1-3H,(H,4,5);2*1-2H,(H,3,4,5);18*1-2H3. The van der Waals surface area contributed by atoms with Gasteiger partial charge in [0.2, 0.25) is 0 Å². The van der Waals surface area contributed by atoms with Crippen LogP contribution in [0, 0.1) is 0 Å². The first-order valence-electron chi connectivity index (χ1n) is 34.2. The summed E-state index contributed by atoms with van der Waals surface area (Å²) in [5, 5.41) is 34.3. The molecule has 0 bridgehead atoms. The van der Waals surface area contributed by atoms with Crippen LogP contribution in [0.5, 0.6) is 0 Å². The Labute approximate surface area is 535 Å². The van der Waals surface area contributed by atoms with Crippen LogP contribution >= 0.6 is 11.8 Å². The molecule has 17 nitrogen and oxygen atoms in total. The average Bonchev–Trinajstić information content (AvgIpc) is 4.51. The Morgan fingerprint density at radius 3 is 0.714 bits per heavy atom. The maximum atomic E-state index is 5.01. The number of piperazine rings is 1. The number of hydrogen-bond donors (Lipinski definition) is 10. The summed E-state index contributed by atoms with van der Waals surface area (Å²) in [6.45, 7) is 85.3. The molecular weight excluding hydrogens is 1060 g/mol. The van der Waals surface area contributed by atoms with Crippen LogP contribution in [-0.2, 0) is 4.74 Å². The summed E-state index contributed by atoms with van der Waals surface area (Å²) in [6.07, 6.45) is 21.0. The van der Waals surface area contributed by atoms with Gasteiger partial charge in [-0.1, -0.05) is 249 Å². The number of nitrogens with one attached hydrogen (secondary N) is 10. The Balaban J connectivity index is -0.0000000342. The summed E-state index contributed by atoms with van der Waals surface area (Å²) >= 11 is 2.03. The molecule has 0 saturated carbocycles. The van der Waals surface area contributed by atoms with E-state index in [2.05, 4.69) is 82.1 Å². The van der Waals surface area contributed by atoms with E-state index in [-0.39, 0.29) is 0 Å². The molecule has 520 valence electrons. The number of nitrogens with zero attached hydrogens (tertiary/aromatic N) is 6. The quantitative estimate of drug-likeness (QED) is 0.0697. The number of H-pyrrole nitrogens is 5. The van der Waals surface area contributed by atoms with E-state index in [9.17, 15) is 0 Å². The lowest BCUT2D eigenvalue weighted by Crippen LogP contribution is -2.39. The molecule has 0 radical (unpaired) electrons. The third-order valence-corrected chi connectivity index (χ3v) is 6.56. The van der Waals surface area contributed by atoms with Gasteiger partial charge in [-0.15, -0.1) is 0 Å². The van der Waals surface area contributed by atoms with E-state index in [1.54, 1.807) is 31.1 Å². The van der Waals surface area contributed by atoms with Crippen molar-refractivity contribution in [1.82, 2.24) is 82.1 Å². The molecule has 4 aliphatic rings. The number of aromatic amines is 5. The summed E-state index contributed by atoms with van der Waals surface area (Å²) in [4.78, 5) is 16.4. The molecule has 4 aliphatic heterocycles. The molecule has 0 unspecified atom stereocenters. The fourth-order valence-electron chi connectivity index (χ4n) is 3.30. The zero-order chi connectivity index (χ0) is 69.9. The highest BCUT2D eigenvalue weighted by molar-refractivity contribution is 7.99. The Bertz CT molecular complexity index is 777. The molecule has 84 heavy (non-hydrogen) atoms. The molecule has 0 aromatic carbocycles. The second kappa shape index (κ2) is 248. The van der Waals surface area contributed by atoms with Crippen molar-refractivity contribution >= 4 is 11.8 Å². The second-order valence-electron chi connectivity index (χ2n) is 9.40. The largest absolute Gasteiger partial charge is 0.379 e. The van der Waals surface area contributed by atoms with Gasteiger partial charge in [0.05, 0.1) is 19.5 Å². The molecule has 0 aliphatic carbocycles. The molecule has 0 atom stereocenters. The molecule has 18 heteroatoms. The predicted molar refractivity (Wildman–Crippen MR) is 397 cm³/mol. The first-order valence-corrected chi connectivity index (χ1v) is 35.4. The van der Waals surface area contributed by atoms with E-state index < -0.39 is 0 Å². The van der Waals surface area contributed by atoms with Crippen LogP contribution in [0.25, 0.3) is 0 Å². The van der Waals surface area contributed by atoms with E-state index in [4.69, 9.17) is 4.74 Å². The summed E-state index contributed by atoms with van der Waals surface area (Å²) in [5.41, 5.74) is 0. The monoisotopic (exact) mass is 1230 g/mol. The third-order valence-electron chi connectivity index (χ3n) is 5.58. The topological polar surface area (TPSA) is 226 Å². The van der Waals surface area contributed by atoms with Crippen LogP contribution in [0.15, 0.2) is 87.0 Å². The second-order valence-corrected chi connectivity index (χ2v) is 10.6. The number of morpholine rings is 1. The summed E-state index contributed by atoms with van der Waals surface area (Å²) < 4.78 is 5.01. The SMILES string of the molecule is C1CCNC1.C1CNCCN1.C1COCCN1.C1CSCCN1.CC.CC.CC.CC.CC.CC.CC.CC.CC.CC.CC.CC.CC.CC.CC.CC.CC.CC.c1c[nH]cn1.c1cc[nH]c1.c1cn[nH]c1.c1nc[nH]n1.c1nc[nH]n1. The van der Waals surface area contributed by atoms with Gasteiger partial charge in [-0.05, 0) is 44.1 Å². The average molecular weight is 1230 g/mol. The van der Waals surface area contributed by atoms with Crippen molar-refractivity contribution in [2.24, 2.45) is 0 Å². The molecule has 5 aromatic rings. The summed E-state index contributed by atoms with van der Waals surface area (Å²) in [7, 11) is 0. The van der Waals surface area contributed by atoms with Gasteiger partial charge in [0, 0.05) is 101 Å². The fourth-order valence-corrected chi connectivity index (χ4v) is 4.08. The van der Waals surface area contributed by atoms with Crippen LogP contribution in [0.4, 0.5) is 0 Å². The zero-order valence-electron chi connectivity index (χ0n) is 63.9. The molecule has 9 heterocycles. The zero-order valence-corrected chi connectivity index (χ0v) is 64.7. The Kier molecular flexibility index (Phi) is 384. The highest BCUT2D eigenvalue weighted by Gasteiger charge is 1.95. The van der Waals surface area contributed by atoms with E-state index in [1.165, 1.54) is 75.8 Å². The lowest BCUT2D eigenvalue weighted by molar-refractivity contribution is 0.109. The van der Waals surface area contributed by atoms with Crippen molar-refractivity contribution < 1.29 is 4.74 Å². The van der Waals surface area contributed by atoms with E-state index >= 15 is 0 Å². The van der Waals surface area contributed by atoms with Crippen molar-refractivity contribution in [2.45, 2.75) is 262 Å². The van der Waals surface area contributed by atoms with E-state index in [0.717, 1.165) is 52.5 Å². The smallest absolute Gasteiger partial charge is 0.137 e. The number of imidazole rings is 1. The summed E-state index contributed by atoms with van der Waals surface area (Å²) in [6, 6.07) is 5.72. The lowest BCUT2D eigenvalue weighted by Gasteiger charge is -2.11. The maximum absolute atomic E-state index is 5.01. The molecule has 4 fully saturated rings. The minimum atomic E-state index is 0.889. The molecule has 9 rings (SSSR count). The fraction of sp³-hybridized carbons (Fsp3) is 0.788. The van der Waals surface area contributed by atoms with Crippen LogP contribution in [-0.4, -0.2) is 146 Å². The van der Waals surface area contributed by atoms with Crippen molar-refractivity contribution in [3.8, 4) is 0 Å². The van der Waals surface area contributed by atoms with Gasteiger partial charge in [-0.25, -0.2) is 15.0 Å². The number of rotatable bonds is 0. The van der Waals surface area contributed by atoms with Crippen LogP contribution in [0.1, 0.15) is 262 Å². The first-order chi connectivity index (χ1) is 42.0. The summed E-state index contributed by atoms with van der Waals surface area (Å²) in [5.74, 6) is 2.61. The van der Waals surface area contributed by atoms with Crippen molar-refractivity contribution in [2.75, 3.05) is 90.2 Å². The number of thioether (sulfide) groups is 1. The van der Waals surface area contributed by atoms with Crippen molar-refractivity contribution in [3.63, 3.8) is 0 Å². The van der Waals surface area contributed by atoms with Gasteiger partial charge in [0.1, 0.15) is 25.3 Å². The normalized spacial score (nSPS) is 10.2. The van der Waals surface area contributed by atoms with Gasteiger partial charge in [-0.2, -0.15) is 27.1 Å².